The molecule has 1 aromatic rings. The minimum atomic E-state index is -4.92. The fourth-order valence-corrected chi connectivity index (χ4v) is 2.40. The number of alkyl halides is 3. The van der Waals surface area contributed by atoms with E-state index < -0.39 is 36.4 Å². The van der Waals surface area contributed by atoms with Crippen LogP contribution in [0.4, 0.5) is 13.2 Å². The van der Waals surface area contributed by atoms with Gasteiger partial charge >= 0.3 is 12.1 Å². The van der Waals surface area contributed by atoms with Crippen molar-refractivity contribution in [3.63, 3.8) is 0 Å². The van der Waals surface area contributed by atoms with Crippen molar-refractivity contribution in [1.29, 1.82) is 0 Å². The molecule has 2 rings (SSSR count). The highest BCUT2D eigenvalue weighted by Gasteiger charge is 2.64. The minimum absolute atomic E-state index is 0.139. The lowest BCUT2D eigenvalue weighted by molar-refractivity contribution is -0.227. The number of amides is 1. The molecule has 110 valence electrons. The predicted molar refractivity (Wildman–Crippen MR) is 63.1 cm³/mol. The van der Waals surface area contributed by atoms with Crippen LogP contribution in [0.25, 0.3) is 0 Å². The number of carboxylic acids is 1. The molecule has 1 saturated heterocycles. The zero-order valence-corrected chi connectivity index (χ0v) is 11.5. The van der Waals surface area contributed by atoms with Gasteiger partial charge in [0.25, 0.3) is 5.91 Å². The van der Waals surface area contributed by atoms with E-state index in [1.807, 2.05) is 0 Å². The highest BCUT2D eigenvalue weighted by molar-refractivity contribution is 9.10. The molecule has 0 saturated carbocycles. The molecule has 1 aromatic heterocycles. The first-order chi connectivity index (χ1) is 9.17. The number of carboxylic acid groups (broad SMARTS) is 1. The molecule has 0 aliphatic carbocycles. The van der Waals surface area contributed by atoms with Gasteiger partial charge < -0.3 is 14.4 Å². The molecular formula is C11H9BrF3NO4. The molecule has 1 unspecified atom stereocenters. The fourth-order valence-electron chi connectivity index (χ4n) is 2.10. The zero-order valence-electron chi connectivity index (χ0n) is 9.91. The van der Waals surface area contributed by atoms with Gasteiger partial charge in [-0.1, -0.05) is 0 Å². The molecule has 0 radical (unpaired) electrons. The van der Waals surface area contributed by atoms with Gasteiger partial charge in [-0.05, 0) is 34.5 Å². The van der Waals surface area contributed by atoms with Crippen LogP contribution in [0.1, 0.15) is 17.0 Å². The molecule has 1 aliphatic heterocycles. The Kier molecular flexibility index (Phi) is 3.57. The Hall–Kier alpha value is -1.51. The molecule has 2 heterocycles. The highest BCUT2D eigenvalue weighted by Crippen LogP contribution is 2.46. The molecule has 1 N–H and O–H groups in total. The second-order valence-corrected chi connectivity index (χ2v) is 5.25. The number of carbonyl (C=O) groups excluding carboxylic acids is 1. The summed E-state index contributed by atoms with van der Waals surface area (Å²) >= 11 is 2.97. The summed E-state index contributed by atoms with van der Waals surface area (Å²) in [5.74, 6) is -2.87. The number of hydrogen-bond donors (Lipinski definition) is 1. The number of furan rings is 1. The Morgan fingerprint density at radius 1 is 1.40 bits per heavy atom. The summed E-state index contributed by atoms with van der Waals surface area (Å²) in [6.07, 6.45) is -5.59. The first kappa shape index (κ1) is 14.9. The third kappa shape index (κ3) is 2.30. The Morgan fingerprint density at radius 2 is 2.05 bits per heavy atom. The van der Waals surface area contributed by atoms with E-state index in [1.165, 1.54) is 12.1 Å². The maximum absolute atomic E-state index is 13.0. The third-order valence-electron chi connectivity index (χ3n) is 3.29. The van der Waals surface area contributed by atoms with E-state index in [-0.39, 0.29) is 17.0 Å². The second kappa shape index (κ2) is 4.80. The van der Waals surface area contributed by atoms with Gasteiger partial charge in [-0.3, -0.25) is 9.59 Å². The maximum atomic E-state index is 13.0. The van der Waals surface area contributed by atoms with Crippen molar-refractivity contribution in [2.75, 3.05) is 13.1 Å². The fraction of sp³-hybridized carbons (Fsp3) is 0.455. The van der Waals surface area contributed by atoms with Crippen LogP contribution in [-0.2, 0) is 4.79 Å². The number of carbonyl (C=O) groups is 2. The van der Waals surface area contributed by atoms with Crippen LogP contribution >= 0.6 is 15.9 Å². The van der Waals surface area contributed by atoms with E-state index in [1.54, 1.807) is 0 Å². The van der Waals surface area contributed by atoms with Gasteiger partial charge in [-0.25, -0.2) is 0 Å². The molecule has 1 aliphatic rings. The maximum Gasteiger partial charge on any atom is 0.406 e. The SMILES string of the molecule is O=C(c1ccc(Br)o1)N1CCC(C(=O)O)(C(F)(F)F)C1. The monoisotopic (exact) mass is 355 g/mol. The Morgan fingerprint density at radius 3 is 2.45 bits per heavy atom. The van der Waals surface area contributed by atoms with Crippen LogP contribution in [0, 0.1) is 5.41 Å². The van der Waals surface area contributed by atoms with E-state index in [2.05, 4.69) is 15.9 Å². The Balaban J connectivity index is 2.23. The zero-order chi connectivity index (χ0) is 15.1. The van der Waals surface area contributed by atoms with Crippen molar-refractivity contribution in [2.24, 2.45) is 5.41 Å². The molecule has 0 bridgehead atoms. The second-order valence-electron chi connectivity index (χ2n) is 4.47. The average molecular weight is 356 g/mol. The third-order valence-corrected chi connectivity index (χ3v) is 3.72. The molecule has 9 heteroatoms. The van der Waals surface area contributed by atoms with Crippen molar-refractivity contribution in [2.45, 2.75) is 12.6 Å². The molecule has 1 amide bonds. The summed E-state index contributed by atoms with van der Waals surface area (Å²) in [5, 5.41) is 8.88. The first-order valence-corrected chi connectivity index (χ1v) is 6.31. The van der Waals surface area contributed by atoms with Gasteiger partial charge in [-0.2, -0.15) is 13.2 Å². The number of aliphatic carboxylic acids is 1. The molecular weight excluding hydrogens is 347 g/mol. The van der Waals surface area contributed by atoms with Crippen LogP contribution in [0.15, 0.2) is 21.2 Å². The average Bonchev–Trinajstić information content (AvgIpc) is 2.93. The van der Waals surface area contributed by atoms with Crippen LogP contribution in [-0.4, -0.2) is 41.1 Å². The molecule has 20 heavy (non-hydrogen) atoms. The topological polar surface area (TPSA) is 70.8 Å². The number of likely N-dealkylation sites (tertiary alicyclic amines) is 1. The van der Waals surface area contributed by atoms with Crippen molar-refractivity contribution in [1.82, 2.24) is 4.90 Å². The van der Waals surface area contributed by atoms with E-state index in [9.17, 15) is 22.8 Å². The number of hydrogen-bond acceptors (Lipinski definition) is 3. The highest BCUT2D eigenvalue weighted by atomic mass is 79.9. The molecule has 1 fully saturated rings. The van der Waals surface area contributed by atoms with E-state index in [0.29, 0.717) is 0 Å². The Labute approximate surface area is 119 Å². The molecule has 0 aromatic carbocycles. The first-order valence-electron chi connectivity index (χ1n) is 5.52. The van der Waals surface area contributed by atoms with Crippen LogP contribution in [0.3, 0.4) is 0 Å². The van der Waals surface area contributed by atoms with E-state index >= 15 is 0 Å². The van der Waals surface area contributed by atoms with Crippen LogP contribution in [0.5, 0.6) is 0 Å². The standard InChI is InChI=1S/C11H9BrF3NO4/c12-7-2-1-6(20-7)8(17)16-4-3-10(5-16,9(18)19)11(13,14)15/h1-2H,3-5H2,(H,18,19). The minimum Gasteiger partial charge on any atom is -0.481 e. The lowest BCUT2D eigenvalue weighted by atomic mass is 9.86. The smallest absolute Gasteiger partial charge is 0.406 e. The van der Waals surface area contributed by atoms with Crippen molar-refractivity contribution < 1.29 is 32.3 Å². The van der Waals surface area contributed by atoms with E-state index in [4.69, 9.17) is 9.52 Å². The van der Waals surface area contributed by atoms with Gasteiger partial charge in [0.1, 0.15) is 0 Å². The lowest BCUT2D eigenvalue weighted by Gasteiger charge is -2.26. The largest absolute Gasteiger partial charge is 0.481 e. The van der Waals surface area contributed by atoms with Gasteiger partial charge in [0, 0.05) is 13.1 Å². The van der Waals surface area contributed by atoms with Crippen molar-refractivity contribution >= 4 is 27.8 Å². The summed E-state index contributed by atoms with van der Waals surface area (Å²) in [4.78, 5) is 23.8. The van der Waals surface area contributed by atoms with Crippen LogP contribution in [0.2, 0.25) is 0 Å². The van der Waals surface area contributed by atoms with Crippen LogP contribution < -0.4 is 0 Å². The summed E-state index contributed by atoms with van der Waals surface area (Å²) in [7, 11) is 0. The lowest BCUT2D eigenvalue weighted by Crippen LogP contribution is -2.47. The summed E-state index contributed by atoms with van der Waals surface area (Å²) in [5.41, 5.74) is -2.91. The molecule has 5 nitrogen and oxygen atoms in total. The van der Waals surface area contributed by atoms with Crippen molar-refractivity contribution in [3.05, 3.63) is 22.6 Å². The normalized spacial score (nSPS) is 23.1. The predicted octanol–water partition coefficient (Wildman–Crippen LogP) is 2.52. The number of halogens is 4. The number of rotatable bonds is 2. The van der Waals surface area contributed by atoms with E-state index in [0.717, 1.165) is 4.90 Å². The van der Waals surface area contributed by atoms with Crippen molar-refractivity contribution in [3.8, 4) is 0 Å². The van der Waals surface area contributed by atoms with Gasteiger partial charge in [0.2, 0.25) is 0 Å². The quantitative estimate of drug-likeness (QED) is 0.884. The molecule has 1 atom stereocenters. The molecule has 0 spiro atoms. The van der Waals surface area contributed by atoms with Gasteiger partial charge in [0.05, 0.1) is 0 Å². The summed E-state index contributed by atoms with van der Waals surface area (Å²) in [6, 6.07) is 2.73. The number of nitrogens with zero attached hydrogens (tertiary/aromatic N) is 1. The van der Waals surface area contributed by atoms with Gasteiger partial charge in [-0.15, -0.1) is 0 Å². The summed E-state index contributed by atoms with van der Waals surface area (Å²) < 4.78 is 44.1. The Bertz CT molecular complexity index is 556. The van der Waals surface area contributed by atoms with Gasteiger partial charge in [0.15, 0.2) is 15.8 Å². The summed E-state index contributed by atoms with van der Waals surface area (Å²) in [6.45, 7) is -1.20.